The first kappa shape index (κ1) is 18.6. The first-order valence-electron chi connectivity index (χ1n) is 8.85. The second kappa shape index (κ2) is 8.03. The lowest BCUT2D eigenvalue weighted by atomic mass is 9.86. The van der Waals surface area contributed by atoms with Crippen molar-refractivity contribution < 1.29 is 19.1 Å². The number of benzene rings is 2. The van der Waals surface area contributed by atoms with Gasteiger partial charge in [0.25, 0.3) is 5.91 Å². The van der Waals surface area contributed by atoms with E-state index >= 15 is 0 Å². The van der Waals surface area contributed by atoms with E-state index in [1.807, 2.05) is 37.3 Å². The Morgan fingerprint density at radius 2 is 1.74 bits per heavy atom. The summed E-state index contributed by atoms with van der Waals surface area (Å²) in [6.45, 7) is 1.78. The molecule has 0 aromatic heterocycles. The van der Waals surface area contributed by atoms with E-state index in [1.165, 1.54) is 7.11 Å². The van der Waals surface area contributed by atoms with Gasteiger partial charge in [-0.3, -0.25) is 14.4 Å². The van der Waals surface area contributed by atoms with Crippen molar-refractivity contribution in [3.63, 3.8) is 0 Å². The third kappa shape index (κ3) is 3.84. The number of nitrogens with one attached hydrogen (secondary N) is 1. The molecule has 6 heteroatoms. The van der Waals surface area contributed by atoms with Crippen LogP contribution in [0.3, 0.4) is 0 Å². The number of nitrogens with zero attached hydrogens (tertiary/aromatic N) is 1. The molecule has 0 fully saturated rings. The van der Waals surface area contributed by atoms with Crippen molar-refractivity contribution in [3.05, 3.63) is 65.7 Å². The van der Waals surface area contributed by atoms with Gasteiger partial charge in [-0.05, 0) is 37.1 Å². The van der Waals surface area contributed by atoms with Crippen molar-refractivity contribution in [2.24, 2.45) is 0 Å². The van der Waals surface area contributed by atoms with Gasteiger partial charge in [0, 0.05) is 17.3 Å². The molecule has 0 spiro atoms. The molecule has 2 amide bonds. The van der Waals surface area contributed by atoms with E-state index in [-0.39, 0.29) is 30.4 Å². The minimum atomic E-state index is -0.399. The topological polar surface area (TPSA) is 75.7 Å². The smallest absolute Gasteiger partial charge is 0.313 e. The molecule has 3 rings (SSSR count). The van der Waals surface area contributed by atoms with Crippen LogP contribution in [0.5, 0.6) is 0 Å². The van der Waals surface area contributed by atoms with Gasteiger partial charge in [-0.15, -0.1) is 0 Å². The van der Waals surface area contributed by atoms with Crippen LogP contribution in [0.4, 0.5) is 5.69 Å². The normalized spacial score (nSPS) is 18.4. The van der Waals surface area contributed by atoms with Gasteiger partial charge < -0.3 is 15.0 Å². The van der Waals surface area contributed by atoms with Crippen LogP contribution in [-0.4, -0.2) is 37.5 Å². The van der Waals surface area contributed by atoms with E-state index in [0.29, 0.717) is 17.7 Å². The number of amides is 2. The van der Waals surface area contributed by atoms with Gasteiger partial charge >= 0.3 is 5.97 Å². The summed E-state index contributed by atoms with van der Waals surface area (Å²) in [6.07, 6.45) is 0.474. The summed E-state index contributed by atoms with van der Waals surface area (Å²) in [5.41, 5.74) is 1.96. The van der Waals surface area contributed by atoms with Gasteiger partial charge in [-0.25, -0.2) is 0 Å². The average Bonchev–Trinajstić information content (AvgIpc) is 2.71. The van der Waals surface area contributed by atoms with Crippen LogP contribution >= 0.6 is 0 Å². The predicted octanol–water partition coefficient (Wildman–Crippen LogP) is 2.50. The van der Waals surface area contributed by atoms with Crippen molar-refractivity contribution in [2.75, 3.05) is 18.6 Å². The summed E-state index contributed by atoms with van der Waals surface area (Å²) in [5, 5.41) is 2.67. The van der Waals surface area contributed by atoms with E-state index < -0.39 is 5.92 Å². The van der Waals surface area contributed by atoms with Crippen molar-refractivity contribution in [2.45, 2.75) is 25.3 Å². The van der Waals surface area contributed by atoms with Crippen molar-refractivity contribution >= 4 is 23.5 Å². The molecule has 1 aliphatic rings. The molecule has 2 unspecified atom stereocenters. The molecule has 1 heterocycles. The second-order valence-electron chi connectivity index (χ2n) is 6.53. The molecule has 0 bridgehead atoms. The molecule has 0 saturated heterocycles. The molecule has 2 aromatic carbocycles. The largest absolute Gasteiger partial charge is 0.469 e. The maximum Gasteiger partial charge on any atom is 0.313 e. The molecule has 2 atom stereocenters. The van der Waals surface area contributed by atoms with Crippen molar-refractivity contribution in [3.8, 4) is 0 Å². The zero-order chi connectivity index (χ0) is 19.4. The number of carbonyl (C=O) groups excluding carboxylic acids is 3. The van der Waals surface area contributed by atoms with Crippen LogP contribution in [0, 0.1) is 0 Å². The molecular weight excluding hydrogens is 344 g/mol. The standard InChI is InChI=1S/C21H22N2O4/c1-14-12-17(21(26)27-2)16-10-6-7-11-18(16)23(14)19(24)13-22-20(25)15-8-4-3-5-9-15/h3-11,14,17H,12-13H2,1-2H3,(H,22,25). The Morgan fingerprint density at radius 1 is 1.07 bits per heavy atom. The number of hydrogen-bond acceptors (Lipinski definition) is 4. The molecule has 1 aliphatic heterocycles. The molecule has 0 saturated carbocycles. The van der Waals surface area contributed by atoms with Crippen LogP contribution in [-0.2, 0) is 14.3 Å². The summed E-state index contributed by atoms with van der Waals surface area (Å²) >= 11 is 0. The SMILES string of the molecule is COC(=O)C1CC(C)N(C(=O)CNC(=O)c2ccccc2)c2ccccc21. The summed E-state index contributed by atoms with van der Waals surface area (Å²) < 4.78 is 4.92. The quantitative estimate of drug-likeness (QED) is 0.844. The Labute approximate surface area is 158 Å². The van der Waals surface area contributed by atoms with E-state index in [9.17, 15) is 14.4 Å². The number of anilines is 1. The zero-order valence-electron chi connectivity index (χ0n) is 15.3. The fourth-order valence-electron chi connectivity index (χ4n) is 3.49. The maximum atomic E-state index is 12.8. The third-order valence-corrected chi connectivity index (χ3v) is 4.78. The number of hydrogen-bond donors (Lipinski definition) is 1. The van der Waals surface area contributed by atoms with Crippen molar-refractivity contribution in [1.82, 2.24) is 5.32 Å². The molecule has 140 valence electrons. The zero-order valence-corrected chi connectivity index (χ0v) is 15.3. The van der Waals surface area contributed by atoms with Gasteiger partial charge in [0.15, 0.2) is 0 Å². The summed E-state index contributed by atoms with van der Waals surface area (Å²) in [4.78, 5) is 38.8. The van der Waals surface area contributed by atoms with Gasteiger partial charge in [0.1, 0.15) is 0 Å². The van der Waals surface area contributed by atoms with E-state index in [2.05, 4.69) is 5.32 Å². The number of esters is 1. The lowest BCUT2D eigenvalue weighted by Crippen LogP contribution is -2.48. The molecule has 2 aromatic rings. The van der Waals surface area contributed by atoms with E-state index in [1.54, 1.807) is 29.2 Å². The molecular formula is C21H22N2O4. The summed E-state index contributed by atoms with van der Waals surface area (Å²) in [7, 11) is 1.37. The highest BCUT2D eigenvalue weighted by molar-refractivity contribution is 6.02. The Balaban J connectivity index is 1.78. The average molecular weight is 366 g/mol. The van der Waals surface area contributed by atoms with Crippen molar-refractivity contribution in [1.29, 1.82) is 0 Å². The van der Waals surface area contributed by atoms with Crippen LogP contribution in [0.15, 0.2) is 54.6 Å². The molecule has 0 aliphatic carbocycles. The van der Waals surface area contributed by atoms with Crippen LogP contribution in [0.1, 0.15) is 35.2 Å². The Morgan fingerprint density at radius 3 is 2.44 bits per heavy atom. The van der Waals surface area contributed by atoms with Crippen LogP contribution in [0.2, 0.25) is 0 Å². The number of fused-ring (bicyclic) bond motifs is 1. The third-order valence-electron chi connectivity index (χ3n) is 4.78. The van der Waals surface area contributed by atoms with Gasteiger partial charge in [-0.2, -0.15) is 0 Å². The highest BCUT2D eigenvalue weighted by Gasteiger charge is 2.37. The number of methoxy groups -OCH3 is 1. The Bertz CT molecular complexity index is 850. The van der Waals surface area contributed by atoms with Gasteiger partial charge in [-0.1, -0.05) is 36.4 Å². The first-order valence-corrected chi connectivity index (χ1v) is 8.85. The minimum absolute atomic E-state index is 0.116. The Kier molecular flexibility index (Phi) is 5.54. The monoisotopic (exact) mass is 366 g/mol. The lowest BCUT2D eigenvalue weighted by molar-refractivity contribution is -0.143. The summed E-state index contributed by atoms with van der Waals surface area (Å²) in [5.74, 6) is -1.22. The lowest BCUT2D eigenvalue weighted by Gasteiger charge is -2.38. The predicted molar refractivity (Wildman–Crippen MR) is 102 cm³/mol. The fraction of sp³-hybridized carbons (Fsp3) is 0.286. The van der Waals surface area contributed by atoms with E-state index in [0.717, 1.165) is 5.56 Å². The number of para-hydroxylation sites is 1. The highest BCUT2D eigenvalue weighted by atomic mass is 16.5. The van der Waals surface area contributed by atoms with Gasteiger partial charge in [0.05, 0.1) is 19.6 Å². The number of rotatable bonds is 4. The molecule has 27 heavy (non-hydrogen) atoms. The first-order chi connectivity index (χ1) is 13.0. The van der Waals surface area contributed by atoms with Crippen LogP contribution < -0.4 is 10.2 Å². The molecule has 6 nitrogen and oxygen atoms in total. The second-order valence-corrected chi connectivity index (χ2v) is 6.53. The number of carbonyl (C=O) groups is 3. The fourth-order valence-corrected chi connectivity index (χ4v) is 3.49. The molecule has 1 N–H and O–H groups in total. The van der Waals surface area contributed by atoms with Crippen LogP contribution in [0.25, 0.3) is 0 Å². The van der Waals surface area contributed by atoms with E-state index in [4.69, 9.17) is 4.74 Å². The minimum Gasteiger partial charge on any atom is -0.469 e. The summed E-state index contributed by atoms with van der Waals surface area (Å²) in [6, 6.07) is 15.9. The maximum absolute atomic E-state index is 12.8. The highest BCUT2D eigenvalue weighted by Crippen LogP contribution is 2.38. The van der Waals surface area contributed by atoms with Gasteiger partial charge in [0.2, 0.25) is 5.91 Å². The Hall–Kier alpha value is -3.15. The number of ether oxygens (including phenoxy) is 1. The molecule has 0 radical (unpaired) electrons.